The summed E-state index contributed by atoms with van der Waals surface area (Å²) < 4.78 is 14.2. The molecule has 0 bridgehead atoms. The van der Waals surface area contributed by atoms with Crippen molar-refractivity contribution in [3.8, 4) is 17.2 Å². The highest BCUT2D eigenvalue weighted by molar-refractivity contribution is 7.14. The third-order valence-electron chi connectivity index (χ3n) is 5.26. The number of carbonyl (C=O) groups excluding carboxylic acids is 1. The van der Waals surface area contributed by atoms with Gasteiger partial charge in [-0.25, -0.2) is 9.67 Å². The molecule has 4 N–H and O–H groups in total. The van der Waals surface area contributed by atoms with Crippen LogP contribution in [0, 0.1) is 6.92 Å². The standard InChI is InChI=1S/C24H25N7O4S/c1-15-22(23(33)31(30(15)2)17-7-5-4-6-8-17)28-21(32)13-35-18-10-9-16(11-19(18)34-3)12-26-29-24-27-20(25)14-36-24/h4-12,14H,13,25H2,1-3H3,(H,27,29)(H,28,32). The van der Waals surface area contributed by atoms with E-state index in [9.17, 15) is 9.59 Å². The monoisotopic (exact) mass is 507 g/mol. The first kappa shape index (κ1) is 24.5. The van der Waals surface area contributed by atoms with E-state index in [0.29, 0.717) is 33.8 Å². The highest BCUT2D eigenvalue weighted by Gasteiger charge is 2.18. The number of thiazole rings is 1. The number of hydrazone groups is 1. The number of nitrogens with zero attached hydrogens (tertiary/aromatic N) is 4. The van der Waals surface area contributed by atoms with Gasteiger partial charge in [0, 0.05) is 12.4 Å². The van der Waals surface area contributed by atoms with E-state index in [-0.39, 0.29) is 17.9 Å². The molecule has 12 heteroatoms. The molecule has 4 rings (SSSR count). The number of benzene rings is 2. The van der Waals surface area contributed by atoms with Gasteiger partial charge in [-0.2, -0.15) is 5.10 Å². The van der Waals surface area contributed by atoms with E-state index in [0.717, 1.165) is 5.56 Å². The summed E-state index contributed by atoms with van der Waals surface area (Å²) in [7, 11) is 3.26. The van der Waals surface area contributed by atoms with Gasteiger partial charge in [-0.1, -0.05) is 18.2 Å². The molecule has 186 valence electrons. The van der Waals surface area contributed by atoms with E-state index in [1.54, 1.807) is 48.4 Å². The van der Waals surface area contributed by atoms with Crippen LogP contribution in [0.4, 0.5) is 16.6 Å². The number of aromatic nitrogens is 3. The van der Waals surface area contributed by atoms with Crippen molar-refractivity contribution < 1.29 is 14.3 Å². The van der Waals surface area contributed by atoms with Crippen molar-refractivity contribution in [1.82, 2.24) is 14.3 Å². The maximum absolute atomic E-state index is 13.0. The predicted octanol–water partition coefficient (Wildman–Crippen LogP) is 3.00. The SMILES string of the molecule is COc1cc(C=NNc2nc(N)cs2)ccc1OCC(=O)Nc1c(C)n(C)n(-c2ccccc2)c1=O. The fourth-order valence-electron chi connectivity index (χ4n) is 3.41. The van der Waals surface area contributed by atoms with Gasteiger partial charge in [-0.3, -0.25) is 19.7 Å². The summed E-state index contributed by atoms with van der Waals surface area (Å²) in [6.45, 7) is 1.45. The lowest BCUT2D eigenvalue weighted by Gasteiger charge is -2.11. The number of hydrogen-bond acceptors (Lipinski definition) is 9. The number of nitrogen functional groups attached to an aromatic ring is 1. The Morgan fingerprint density at radius 3 is 2.69 bits per heavy atom. The molecule has 0 unspecified atom stereocenters. The minimum atomic E-state index is -0.472. The molecule has 0 saturated heterocycles. The number of para-hydroxylation sites is 1. The maximum Gasteiger partial charge on any atom is 0.295 e. The number of carbonyl (C=O) groups is 1. The average Bonchev–Trinajstić information content (AvgIpc) is 3.39. The van der Waals surface area contributed by atoms with Crippen LogP contribution in [0.3, 0.4) is 0 Å². The molecule has 0 fully saturated rings. The van der Waals surface area contributed by atoms with Gasteiger partial charge in [0.05, 0.1) is 24.7 Å². The fraction of sp³-hybridized carbons (Fsp3) is 0.167. The van der Waals surface area contributed by atoms with Gasteiger partial charge in [0.1, 0.15) is 11.5 Å². The molecule has 2 aromatic carbocycles. The van der Waals surface area contributed by atoms with Crippen molar-refractivity contribution in [2.75, 3.05) is 30.2 Å². The zero-order valence-electron chi connectivity index (χ0n) is 19.9. The summed E-state index contributed by atoms with van der Waals surface area (Å²) in [6, 6.07) is 14.3. The van der Waals surface area contributed by atoms with E-state index in [4.69, 9.17) is 15.2 Å². The number of amides is 1. The summed E-state index contributed by atoms with van der Waals surface area (Å²) in [5.74, 6) is 0.749. The first-order valence-electron chi connectivity index (χ1n) is 10.8. The molecule has 0 spiro atoms. The van der Waals surface area contributed by atoms with Crippen molar-refractivity contribution in [2.45, 2.75) is 6.92 Å². The molecule has 11 nitrogen and oxygen atoms in total. The van der Waals surface area contributed by atoms with Crippen LogP contribution < -0.4 is 31.5 Å². The highest BCUT2D eigenvalue weighted by Crippen LogP contribution is 2.27. The van der Waals surface area contributed by atoms with Crippen molar-refractivity contribution in [3.05, 3.63) is 75.5 Å². The minimum Gasteiger partial charge on any atom is -0.493 e. The topological polar surface area (TPSA) is 138 Å². The Labute approximate surface area is 210 Å². The molecule has 0 saturated carbocycles. The number of rotatable bonds is 9. The largest absolute Gasteiger partial charge is 0.493 e. The van der Waals surface area contributed by atoms with Gasteiger partial charge in [0.25, 0.3) is 11.5 Å². The second kappa shape index (κ2) is 10.8. The van der Waals surface area contributed by atoms with Crippen molar-refractivity contribution in [3.63, 3.8) is 0 Å². The zero-order valence-corrected chi connectivity index (χ0v) is 20.7. The Bertz CT molecular complexity index is 1460. The Kier molecular flexibility index (Phi) is 7.35. The molecule has 0 atom stereocenters. The number of nitrogens with one attached hydrogen (secondary N) is 2. The van der Waals surface area contributed by atoms with Crippen LogP contribution in [0.25, 0.3) is 5.69 Å². The molecule has 36 heavy (non-hydrogen) atoms. The van der Waals surface area contributed by atoms with Crippen LogP contribution in [0.5, 0.6) is 11.5 Å². The second-order valence-corrected chi connectivity index (χ2v) is 8.49. The van der Waals surface area contributed by atoms with Crippen molar-refractivity contribution in [2.24, 2.45) is 12.1 Å². The molecular formula is C24H25N7O4S. The number of nitrogens with two attached hydrogens (primary N) is 1. The molecule has 4 aromatic rings. The quantitative estimate of drug-likeness (QED) is 0.234. The lowest BCUT2D eigenvalue weighted by molar-refractivity contribution is -0.118. The third-order valence-corrected chi connectivity index (χ3v) is 6.03. The Hall–Kier alpha value is -4.58. The number of anilines is 3. The van der Waals surface area contributed by atoms with Gasteiger partial charge < -0.3 is 20.5 Å². The van der Waals surface area contributed by atoms with E-state index in [1.807, 2.05) is 30.3 Å². The number of hydrogen-bond donors (Lipinski definition) is 3. The molecular weight excluding hydrogens is 482 g/mol. The van der Waals surface area contributed by atoms with Crippen LogP contribution >= 0.6 is 11.3 Å². The van der Waals surface area contributed by atoms with Crippen LogP contribution in [-0.4, -0.2) is 40.2 Å². The lowest BCUT2D eigenvalue weighted by Crippen LogP contribution is -2.25. The Morgan fingerprint density at radius 2 is 2.00 bits per heavy atom. The first-order chi connectivity index (χ1) is 17.4. The maximum atomic E-state index is 13.0. The van der Waals surface area contributed by atoms with Gasteiger partial charge in [-0.15, -0.1) is 11.3 Å². The predicted molar refractivity (Wildman–Crippen MR) is 141 cm³/mol. The summed E-state index contributed by atoms with van der Waals surface area (Å²) in [5, 5.41) is 9.08. The molecule has 1 amide bonds. The van der Waals surface area contributed by atoms with Gasteiger partial charge in [0.15, 0.2) is 18.1 Å². The first-order valence-corrected chi connectivity index (χ1v) is 11.7. The molecule has 0 radical (unpaired) electrons. The Morgan fingerprint density at radius 1 is 1.22 bits per heavy atom. The summed E-state index contributed by atoms with van der Waals surface area (Å²) in [5.41, 5.74) is 10.3. The molecule has 2 heterocycles. The summed E-state index contributed by atoms with van der Waals surface area (Å²) in [4.78, 5) is 29.6. The van der Waals surface area contributed by atoms with Gasteiger partial charge >= 0.3 is 0 Å². The van der Waals surface area contributed by atoms with Crippen LogP contribution in [0.1, 0.15) is 11.3 Å². The van der Waals surface area contributed by atoms with Crippen molar-refractivity contribution in [1.29, 1.82) is 0 Å². The molecule has 0 aliphatic rings. The van der Waals surface area contributed by atoms with Gasteiger partial charge in [0.2, 0.25) is 5.13 Å². The zero-order chi connectivity index (χ0) is 25.7. The van der Waals surface area contributed by atoms with E-state index >= 15 is 0 Å². The van der Waals surface area contributed by atoms with E-state index in [1.165, 1.54) is 23.1 Å². The van der Waals surface area contributed by atoms with Crippen LogP contribution in [0.15, 0.2) is 63.8 Å². The van der Waals surface area contributed by atoms with Gasteiger partial charge in [-0.05, 0) is 42.8 Å². The third kappa shape index (κ3) is 5.39. The molecule has 0 aliphatic heterocycles. The normalized spacial score (nSPS) is 11.0. The highest BCUT2D eigenvalue weighted by atomic mass is 32.1. The van der Waals surface area contributed by atoms with Crippen LogP contribution in [-0.2, 0) is 11.8 Å². The summed E-state index contributed by atoms with van der Waals surface area (Å²) >= 11 is 1.34. The number of ether oxygens (including phenoxy) is 2. The average molecular weight is 508 g/mol. The smallest absolute Gasteiger partial charge is 0.295 e. The Balaban J connectivity index is 1.41. The van der Waals surface area contributed by atoms with Crippen LogP contribution in [0.2, 0.25) is 0 Å². The van der Waals surface area contributed by atoms with Crippen molar-refractivity contribution >= 4 is 40.1 Å². The summed E-state index contributed by atoms with van der Waals surface area (Å²) in [6.07, 6.45) is 1.59. The fourth-order valence-corrected chi connectivity index (χ4v) is 3.96. The minimum absolute atomic E-state index is 0.197. The molecule has 2 aromatic heterocycles. The second-order valence-electron chi connectivity index (χ2n) is 7.63. The van der Waals surface area contributed by atoms with E-state index < -0.39 is 5.91 Å². The lowest BCUT2D eigenvalue weighted by atomic mass is 10.2. The molecule has 0 aliphatic carbocycles. The van der Waals surface area contributed by atoms with E-state index in [2.05, 4.69) is 20.8 Å². The number of methoxy groups -OCH3 is 1.